The van der Waals surface area contributed by atoms with Crippen LogP contribution in [0.3, 0.4) is 0 Å². The number of benzene rings is 2. The van der Waals surface area contributed by atoms with E-state index in [1.165, 1.54) is 0 Å². The fourth-order valence-corrected chi connectivity index (χ4v) is 5.69. The molecule has 0 bridgehead atoms. The van der Waals surface area contributed by atoms with Crippen molar-refractivity contribution in [1.29, 1.82) is 0 Å². The third kappa shape index (κ3) is 4.70. The molecule has 0 aliphatic carbocycles. The van der Waals surface area contributed by atoms with Crippen LogP contribution in [0.15, 0.2) is 53.4 Å². The maximum atomic E-state index is 13.0. The summed E-state index contributed by atoms with van der Waals surface area (Å²) in [5.74, 6) is -0.216. The van der Waals surface area contributed by atoms with Gasteiger partial charge in [0.15, 0.2) is 0 Å². The molecular formula is C20H23IN2O3S. The Morgan fingerprint density at radius 1 is 1.19 bits per heavy atom. The van der Waals surface area contributed by atoms with Gasteiger partial charge in [-0.25, -0.2) is 8.42 Å². The Morgan fingerprint density at radius 3 is 2.59 bits per heavy atom. The smallest absolute Gasteiger partial charge is 0.255 e. The van der Waals surface area contributed by atoms with Crippen LogP contribution in [-0.4, -0.2) is 31.2 Å². The Balaban J connectivity index is 1.75. The van der Waals surface area contributed by atoms with E-state index >= 15 is 0 Å². The number of anilines is 1. The summed E-state index contributed by atoms with van der Waals surface area (Å²) in [4.78, 5) is 12.6. The second-order valence-electron chi connectivity index (χ2n) is 6.66. The van der Waals surface area contributed by atoms with Crippen molar-refractivity contribution in [3.05, 3.63) is 57.7 Å². The van der Waals surface area contributed by atoms with Crippen molar-refractivity contribution < 1.29 is 13.2 Å². The van der Waals surface area contributed by atoms with E-state index in [1.54, 1.807) is 40.7 Å². The van der Waals surface area contributed by atoms with E-state index in [4.69, 9.17) is 0 Å². The summed E-state index contributed by atoms with van der Waals surface area (Å²) in [6.45, 7) is 2.61. The lowest BCUT2D eigenvalue weighted by atomic mass is 10.0. The van der Waals surface area contributed by atoms with Gasteiger partial charge in [0.05, 0.1) is 4.90 Å². The average molecular weight is 498 g/mol. The number of halogens is 1. The van der Waals surface area contributed by atoms with Gasteiger partial charge in [0, 0.05) is 27.4 Å². The number of rotatable bonds is 5. The predicted octanol–water partition coefficient (Wildman–Crippen LogP) is 4.50. The molecule has 0 spiro atoms. The first-order valence-electron chi connectivity index (χ1n) is 9.10. The number of carbonyl (C=O) groups is 1. The van der Waals surface area contributed by atoms with Crippen molar-refractivity contribution in [2.45, 2.75) is 43.5 Å². The number of nitrogens with one attached hydrogen (secondary N) is 1. The van der Waals surface area contributed by atoms with Crippen molar-refractivity contribution in [3.63, 3.8) is 0 Å². The molecule has 2 aromatic carbocycles. The lowest BCUT2D eigenvalue weighted by molar-refractivity contribution is 0.102. The number of nitrogens with zero attached hydrogens (tertiary/aromatic N) is 1. The molecule has 2 aromatic rings. The molecule has 144 valence electrons. The zero-order valence-corrected chi connectivity index (χ0v) is 18.2. The zero-order valence-electron chi connectivity index (χ0n) is 15.2. The number of amides is 1. The minimum absolute atomic E-state index is 0.0729. The van der Waals surface area contributed by atoms with Crippen LogP contribution in [0.1, 0.15) is 43.0 Å². The van der Waals surface area contributed by atoms with Gasteiger partial charge in [0.1, 0.15) is 0 Å². The first-order chi connectivity index (χ1) is 12.9. The van der Waals surface area contributed by atoms with Crippen molar-refractivity contribution in [1.82, 2.24) is 4.31 Å². The van der Waals surface area contributed by atoms with Gasteiger partial charge in [0.25, 0.3) is 5.91 Å². The molecule has 1 heterocycles. The fourth-order valence-electron chi connectivity index (χ4n) is 3.38. The molecule has 1 saturated heterocycles. The van der Waals surface area contributed by atoms with E-state index in [9.17, 15) is 13.2 Å². The summed E-state index contributed by atoms with van der Waals surface area (Å²) in [5, 5.41) is 2.81. The summed E-state index contributed by atoms with van der Waals surface area (Å²) >= 11 is 2.16. The maximum Gasteiger partial charge on any atom is 0.255 e. The largest absolute Gasteiger partial charge is 0.322 e. The first-order valence-corrected chi connectivity index (χ1v) is 11.6. The fraction of sp³-hybridized carbons (Fsp3) is 0.350. The standard InChI is InChI=1S/C20H23IN2O3S/c1-2-18-8-3-4-13-23(18)27(25,26)19-11-9-17(10-12-19)22-20(24)15-6-5-7-16(21)14-15/h5-7,9-12,14,18H,2-4,8,13H2,1H3,(H,22,24). The van der Waals surface area contributed by atoms with Gasteiger partial charge in [-0.15, -0.1) is 0 Å². The molecule has 1 amide bonds. The molecule has 0 radical (unpaired) electrons. The third-order valence-electron chi connectivity index (χ3n) is 4.85. The van der Waals surface area contributed by atoms with Gasteiger partial charge in [-0.05, 0) is 84.3 Å². The molecule has 1 aliphatic heterocycles. The molecule has 1 unspecified atom stereocenters. The molecular weight excluding hydrogens is 475 g/mol. The lowest BCUT2D eigenvalue weighted by Crippen LogP contribution is -2.43. The normalized spacial score (nSPS) is 18.2. The maximum absolute atomic E-state index is 13.0. The Kier molecular flexibility index (Phi) is 6.54. The van der Waals surface area contributed by atoms with E-state index in [-0.39, 0.29) is 16.8 Å². The summed E-state index contributed by atoms with van der Waals surface area (Å²) < 4.78 is 28.6. The highest BCUT2D eigenvalue weighted by atomic mass is 127. The highest BCUT2D eigenvalue weighted by Gasteiger charge is 2.32. The minimum Gasteiger partial charge on any atom is -0.322 e. The first kappa shape index (κ1) is 20.3. The second-order valence-corrected chi connectivity index (χ2v) is 9.80. The van der Waals surface area contributed by atoms with Crippen LogP contribution in [-0.2, 0) is 10.0 Å². The molecule has 7 heteroatoms. The Morgan fingerprint density at radius 2 is 1.93 bits per heavy atom. The number of sulfonamides is 1. The van der Waals surface area contributed by atoms with E-state index in [0.717, 1.165) is 29.3 Å². The van der Waals surface area contributed by atoms with E-state index in [0.29, 0.717) is 17.8 Å². The highest BCUT2D eigenvalue weighted by Crippen LogP contribution is 2.27. The van der Waals surface area contributed by atoms with Gasteiger partial charge in [-0.2, -0.15) is 4.31 Å². The quantitative estimate of drug-likeness (QED) is 0.618. The van der Waals surface area contributed by atoms with Crippen molar-refractivity contribution in [3.8, 4) is 0 Å². The monoisotopic (exact) mass is 498 g/mol. The topological polar surface area (TPSA) is 66.5 Å². The zero-order chi connectivity index (χ0) is 19.4. The van der Waals surface area contributed by atoms with Crippen LogP contribution in [0, 0.1) is 3.57 Å². The average Bonchev–Trinajstić information content (AvgIpc) is 2.68. The van der Waals surface area contributed by atoms with Gasteiger partial charge in [-0.1, -0.05) is 19.4 Å². The summed E-state index contributed by atoms with van der Waals surface area (Å²) in [7, 11) is -3.51. The van der Waals surface area contributed by atoms with Crippen molar-refractivity contribution in [2.75, 3.05) is 11.9 Å². The van der Waals surface area contributed by atoms with Crippen LogP contribution in [0.25, 0.3) is 0 Å². The Labute approximate surface area is 174 Å². The van der Waals surface area contributed by atoms with Gasteiger partial charge in [0.2, 0.25) is 10.0 Å². The molecule has 1 aliphatic rings. The molecule has 27 heavy (non-hydrogen) atoms. The molecule has 0 saturated carbocycles. The Hall–Kier alpha value is -1.45. The van der Waals surface area contributed by atoms with Crippen LogP contribution in [0.4, 0.5) is 5.69 Å². The SMILES string of the molecule is CCC1CCCCN1S(=O)(=O)c1ccc(NC(=O)c2cccc(I)c2)cc1. The third-order valence-corrected chi connectivity index (χ3v) is 7.49. The van der Waals surface area contributed by atoms with Crippen LogP contribution >= 0.6 is 22.6 Å². The van der Waals surface area contributed by atoms with Crippen LogP contribution < -0.4 is 5.32 Å². The van der Waals surface area contributed by atoms with E-state index < -0.39 is 10.0 Å². The van der Waals surface area contributed by atoms with Gasteiger partial charge in [-0.3, -0.25) is 4.79 Å². The predicted molar refractivity (Wildman–Crippen MR) is 115 cm³/mol. The highest BCUT2D eigenvalue weighted by molar-refractivity contribution is 14.1. The number of hydrogen-bond donors (Lipinski definition) is 1. The number of piperidine rings is 1. The molecule has 0 aromatic heterocycles. The number of hydrogen-bond acceptors (Lipinski definition) is 3. The van der Waals surface area contributed by atoms with Crippen LogP contribution in [0.2, 0.25) is 0 Å². The molecule has 5 nitrogen and oxygen atoms in total. The summed E-state index contributed by atoms with van der Waals surface area (Å²) in [6, 6.07) is 13.8. The summed E-state index contributed by atoms with van der Waals surface area (Å²) in [5.41, 5.74) is 1.14. The van der Waals surface area contributed by atoms with Gasteiger partial charge >= 0.3 is 0 Å². The van der Waals surface area contributed by atoms with E-state index in [1.807, 2.05) is 19.1 Å². The van der Waals surface area contributed by atoms with Gasteiger partial charge < -0.3 is 5.32 Å². The lowest BCUT2D eigenvalue weighted by Gasteiger charge is -2.34. The summed E-state index contributed by atoms with van der Waals surface area (Å²) in [6.07, 6.45) is 3.72. The van der Waals surface area contributed by atoms with Crippen molar-refractivity contribution in [2.24, 2.45) is 0 Å². The molecule has 1 atom stereocenters. The number of carbonyl (C=O) groups excluding carboxylic acids is 1. The minimum atomic E-state index is -3.51. The Bertz CT molecular complexity index is 913. The second kappa shape index (κ2) is 8.70. The molecule has 1 N–H and O–H groups in total. The van der Waals surface area contributed by atoms with Crippen molar-refractivity contribution >= 4 is 44.2 Å². The molecule has 1 fully saturated rings. The molecule has 3 rings (SSSR count). The van der Waals surface area contributed by atoms with E-state index in [2.05, 4.69) is 27.9 Å². The van der Waals surface area contributed by atoms with Crippen LogP contribution in [0.5, 0.6) is 0 Å².